The second-order valence-electron chi connectivity index (χ2n) is 10.4. The number of hydrogen-bond donors (Lipinski definition) is 4. The van der Waals surface area contributed by atoms with Gasteiger partial charge in [-0.2, -0.15) is 39.5 Å². The molecule has 10 nitrogen and oxygen atoms in total. The molecule has 1 atom stereocenters. The number of amides is 1. The molecule has 0 spiro atoms. The van der Waals surface area contributed by atoms with E-state index in [9.17, 15) is 63.8 Å². The van der Waals surface area contributed by atoms with Crippen LogP contribution in [0.5, 0.6) is 0 Å². The monoisotopic (exact) mass is 713 g/mol. The second kappa shape index (κ2) is 21.2. The van der Waals surface area contributed by atoms with Crippen LogP contribution in [0.4, 0.5) is 45.2 Å². The smallest absolute Gasteiger partial charge is 0.416 e. The van der Waals surface area contributed by atoms with Gasteiger partial charge in [0, 0.05) is 23.8 Å². The summed E-state index contributed by atoms with van der Waals surface area (Å²) >= 11 is 0. The van der Waals surface area contributed by atoms with E-state index >= 15 is 0 Å². The first-order chi connectivity index (χ1) is 21.8. The molecule has 48 heavy (non-hydrogen) atoms. The summed E-state index contributed by atoms with van der Waals surface area (Å²) in [5.74, 6) is -5.30. The van der Waals surface area contributed by atoms with E-state index in [4.69, 9.17) is 10.2 Å². The van der Waals surface area contributed by atoms with Crippen molar-refractivity contribution in [2.24, 2.45) is 0 Å². The van der Waals surface area contributed by atoms with Crippen molar-refractivity contribution in [1.29, 1.82) is 0 Å². The Morgan fingerprint density at radius 1 is 0.771 bits per heavy atom. The van der Waals surface area contributed by atoms with E-state index in [0.29, 0.717) is 25.0 Å². The van der Waals surface area contributed by atoms with Crippen LogP contribution in [0.2, 0.25) is 0 Å². The number of allylic oxidation sites excluding steroid dienone is 1. The van der Waals surface area contributed by atoms with Crippen LogP contribution in [0.15, 0.2) is 30.4 Å². The average Bonchev–Trinajstić information content (AvgIpc) is 2.88. The van der Waals surface area contributed by atoms with Crippen molar-refractivity contribution >= 4 is 29.5 Å². The molecule has 0 heterocycles. The van der Waals surface area contributed by atoms with Gasteiger partial charge in [-0.05, 0) is 31.5 Å². The number of nitrogens with zero attached hydrogens (tertiary/aromatic N) is 2. The molecule has 0 aliphatic carbocycles. The molecule has 0 aromatic heterocycles. The maximum atomic E-state index is 13.1. The molecule has 1 aromatic carbocycles. The number of anilines is 1. The van der Waals surface area contributed by atoms with Crippen LogP contribution < -0.4 is 5.32 Å². The Kier molecular flexibility index (Phi) is 20.4. The average molecular weight is 714 g/mol. The third kappa shape index (κ3) is 21.1. The minimum atomic E-state index is -5.15. The topological polar surface area (TPSA) is 147 Å². The quantitative estimate of drug-likeness (QED) is 0.116. The summed E-state index contributed by atoms with van der Waals surface area (Å²) in [6.07, 6.45) is -12.0. The van der Waals surface area contributed by atoms with Crippen LogP contribution in [0.25, 0.3) is 0 Å². The molecule has 0 fully saturated rings. The van der Waals surface area contributed by atoms with Gasteiger partial charge in [0.15, 0.2) is 0 Å². The van der Waals surface area contributed by atoms with Crippen molar-refractivity contribution < 1.29 is 74.0 Å². The molecule has 1 rings (SSSR count). The van der Waals surface area contributed by atoms with Crippen molar-refractivity contribution in [2.75, 3.05) is 38.0 Å². The summed E-state index contributed by atoms with van der Waals surface area (Å²) in [4.78, 5) is 48.4. The molecule has 0 saturated heterocycles. The Balaban J connectivity index is 0. The van der Waals surface area contributed by atoms with Crippen molar-refractivity contribution in [2.45, 2.75) is 77.9 Å². The molecule has 276 valence electrons. The minimum Gasteiger partial charge on any atom is -0.480 e. The Morgan fingerprint density at radius 3 is 1.48 bits per heavy atom. The fourth-order valence-electron chi connectivity index (χ4n) is 3.59. The molecule has 1 aromatic rings. The van der Waals surface area contributed by atoms with E-state index in [2.05, 4.69) is 20.4 Å². The summed E-state index contributed by atoms with van der Waals surface area (Å²) in [5.41, 5.74) is -4.91. The SMILES string of the molecule is C=C(C)C(F)(F)F.CCC.CCCCC(CN(CC(=O)O)CC(=O)O)N(CC(=O)O)CC(=O)Nc1cc(C(F)(F)F)cc(C(F)(F)F)c1. The maximum Gasteiger partial charge on any atom is 0.416 e. The number of alkyl halides is 9. The summed E-state index contributed by atoms with van der Waals surface area (Å²) in [5, 5.41) is 29.4. The van der Waals surface area contributed by atoms with Crippen LogP contribution in [0.1, 0.15) is 64.5 Å². The molecule has 0 aliphatic heterocycles. The number of rotatable bonds is 15. The molecular formula is C29H40F9N3O7. The molecule has 1 amide bonds. The van der Waals surface area contributed by atoms with Crippen molar-refractivity contribution in [3.63, 3.8) is 0 Å². The predicted octanol–water partition coefficient (Wildman–Crippen LogP) is 6.62. The number of carboxylic acid groups (broad SMARTS) is 3. The fourth-order valence-corrected chi connectivity index (χ4v) is 3.59. The maximum absolute atomic E-state index is 13.1. The Bertz CT molecular complexity index is 1160. The van der Waals surface area contributed by atoms with Gasteiger partial charge >= 0.3 is 36.4 Å². The van der Waals surface area contributed by atoms with Crippen LogP contribution in [0, 0.1) is 0 Å². The molecule has 0 aliphatic rings. The normalized spacial score (nSPS) is 12.3. The number of halogens is 9. The molecule has 4 N–H and O–H groups in total. The van der Waals surface area contributed by atoms with Crippen molar-refractivity contribution in [1.82, 2.24) is 9.80 Å². The fraction of sp³-hybridized carbons (Fsp3) is 0.586. The lowest BCUT2D eigenvalue weighted by molar-refractivity contribution is -0.144. The lowest BCUT2D eigenvalue weighted by Crippen LogP contribution is -2.50. The first kappa shape index (κ1) is 46.2. The van der Waals surface area contributed by atoms with Gasteiger partial charge < -0.3 is 20.6 Å². The number of carboxylic acids is 3. The van der Waals surface area contributed by atoms with E-state index < -0.39 is 97.0 Å². The first-order valence-electron chi connectivity index (χ1n) is 14.2. The van der Waals surface area contributed by atoms with Gasteiger partial charge in [0.1, 0.15) is 0 Å². The third-order valence-corrected chi connectivity index (χ3v) is 5.63. The Labute approximate surface area is 271 Å². The van der Waals surface area contributed by atoms with Gasteiger partial charge in [0.05, 0.1) is 37.3 Å². The van der Waals surface area contributed by atoms with Crippen LogP contribution in [-0.4, -0.2) is 93.9 Å². The first-order valence-corrected chi connectivity index (χ1v) is 14.2. The molecule has 0 saturated carbocycles. The molecule has 0 radical (unpaired) electrons. The number of carbonyl (C=O) groups is 4. The standard InChI is InChI=1S/C22H27F6N3O7.C4H5F3.C3H8/c1-2-3-4-16(8-30(10-18(33)34)11-19(35)36)31(12-20(37)38)9-17(32)29-15-6-13(21(23,24)25)5-14(7-15)22(26,27)28;1-3(2)4(5,6)7;1-3-2/h5-7,16H,2-4,8-12H2,1H3,(H,29,32)(H,33,34)(H,35,36)(H,37,38);1H2,2H3;3H2,1-2H3. The lowest BCUT2D eigenvalue weighted by Gasteiger charge is -2.33. The summed E-state index contributed by atoms with van der Waals surface area (Å²) in [7, 11) is 0. The van der Waals surface area contributed by atoms with E-state index in [0.717, 1.165) is 16.7 Å². The van der Waals surface area contributed by atoms with E-state index in [-0.39, 0.29) is 19.0 Å². The zero-order chi connectivity index (χ0) is 38.0. The van der Waals surface area contributed by atoms with Crippen molar-refractivity contribution in [3.8, 4) is 0 Å². The van der Waals surface area contributed by atoms with E-state index in [1.165, 1.54) is 6.42 Å². The number of benzene rings is 1. The Morgan fingerprint density at radius 2 is 1.17 bits per heavy atom. The minimum absolute atomic E-state index is 0.118. The van der Waals surface area contributed by atoms with Gasteiger partial charge in [-0.1, -0.05) is 46.6 Å². The van der Waals surface area contributed by atoms with Gasteiger partial charge in [-0.15, -0.1) is 0 Å². The summed E-state index contributed by atoms with van der Waals surface area (Å²) in [6, 6.07) is -0.412. The molecular weight excluding hydrogens is 673 g/mol. The lowest BCUT2D eigenvalue weighted by atomic mass is 10.1. The Hall–Kier alpha value is -3.87. The number of unbranched alkanes of at least 4 members (excludes halogenated alkanes) is 1. The van der Waals surface area contributed by atoms with Gasteiger partial charge in [0.2, 0.25) is 5.91 Å². The van der Waals surface area contributed by atoms with Crippen molar-refractivity contribution in [3.05, 3.63) is 41.5 Å². The summed E-state index contributed by atoms with van der Waals surface area (Å²) in [6.45, 7) is 6.34. The third-order valence-electron chi connectivity index (χ3n) is 5.63. The number of carbonyl (C=O) groups excluding carboxylic acids is 1. The van der Waals surface area contributed by atoms with Crippen LogP contribution in [0.3, 0.4) is 0 Å². The second-order valence-corrected chi connectivity index (χ2v) is 10.4. The molecule has 19 heteroatoms. The number of hydrogen-bond acceptors (Lipinski definition) is 6. The highest BCUT2D eigenvalue weighted by Gasteiger charge is 2.37. The highest BCUT2D eigenvalue weighted by Crippen LogP contribution is 2.37. The zero-order valence-corrected chi connectivity index (χ0v) is 26.7. The van der Waals surface area contributed by atoms with Gasteiger partial charge in [-0.3, -0.25) is 29.0 Å². The van der Waals surface area contributed by atoms with Gasteiger partial charge in [-0.25, -0.2) is 0 Å². The van der Waals surface area contributed by atoms with Crippen LogP contribution in [-0.2, 0) is 31.5 Å². The van der Waals surface area contributed by atoms with Crippen LogP contribution >= 0.6 is 0 Å². The highest BCUT2D eigenvalue weighted by molar-refractivity contribution is 5.92. The zero-order valence-electron chi connectivity index (χ0n) is 26.7. The largest absolute Gasteiger partial charge is 0.480 e. The number of aliphatic carboxylic acids is 3. The number of nitrogens with one attached hydrogen (secondary N) is 1. The van der Waals surface area contributed by atoms with E-state index in [1.54, 1.807) is 6.92 Å². The molecule has 0 bridgehead atoms. The molecule has 1 unspecified atom stereocenters. The van der Waals surface area contributed by atoms with E-state index in [1.807, 2.05) is 5.32 Å². The summed E-state index contributed by atoms with van der Waals surface area (Å²) < 4.78 is 112. The van der Waals surface area contributed by atoms with Gasteiger partial charge in [0.25, 0.3) is 0 Å². The predicted molar refractivity (Wildman–Crippen MR) is 156 cm³/mol. The highest BCUT2D eigenvalue weighted by atomic mass is 19.4.